The van der Waals surface area contributed by atoms with E-state index in [1.54, 1.807) is 6.20 Å². The van der Waals surface area contributed by atoms with E-state index in [1.165, 1.54) is 19.3 Å². The molecule has 0 radical (unpaired) electrons. The Bertz CT molecular complexity index is 740. The van der Waals surface area contributed by atoms with E-state index in [0.717, 1.165) is 68.8 Å². The van der Waals surface area contributed by atoms with Crippen LogP contribution >= 0.6 is 0 Å². The maximum absolute atomic E-state index is 13.0. The topological polar surface area (TPSA) is 87.2 Å². The van der Waals surface area contributed by atoms with Gasteiger partial charge in [-0.25, -0.2) is 0 Å². The molecule has 1 aromatic rings. The average Bonchev–Trinajstić information content (AvgIpc) is 2.74. The largest absolute Gasteiger partial charge is 0.366 e. The third-order valence-electron chi connectivity index (χ3n) is 7.92. The van der Waals surface area contributed by atoms with Crippen LogP contribution in [0.15, 0.2) is 18.3 Å². The molecule has 0 unspecified atom stereocenters. The molecule has 5 aliphatic rings. The lowest BCUT2D eigenvalue weighted by Gasteiger charge is -2.55. The summed E-state index contributed by atoms with van der Waals surface area (Å²) in [5.41, 5.74) is -0.123. The third-order valence-corrected chi connectivity index (χ3v) is 7.92. The number of carbonyl (C=O) groups is 2. The highest BCUT2D eigenvalue weighted by atomic mass is 16.2. The predicted octanol–water partition coefficient (Wildman–Crippen LogP) is 2.60. The van der Waals surface area contributed by atoms with Crippen LogP contribution < -0.4 is 10.6 Å². The monoisotopic (exact) mass is 411 g/mol. The molecule has 2 N–H and O–H groups in total. The number of carbonyl (C=O) groups excluding carboxylic acids is 2. The molecule has 1 saturated heterocycles. The van der Waals surface area contributed by atoms with Gasteiger partial charge in [-0.1, -0.05) is 0 Å². The van der Waals surface area contributed by atoms with Crippen molar-refractivity contribution >= 4 is 17.6 Å². The van der Waals surface area contributed by atoms with Crippen LogP contribution in [0.25, 0.3) is 0 Å². The van der Waals surface area contributed by atoms with Gasteiger partial charge in [-0.05, 0) is 81.3 Å². The summed E-state index contributed by atoms with van der Waals surface area (Å²) in [6.07, 6.45) is 11.1. The van der Waals surface area contributed by atoms with Crippen LogP contribution in [-0.4, -0.2) is 52.6 Å². The van der Waals surface area contributed by atoms with Crippen LogP contribution in [0.2, 0.25) is 0 Å². The lowest BCUT2D eigenvalue weighted by molar-refractivity contribution is -0.146. The fraction of sp³-hybridized carbons (Fsp3) is 0.739. The third kappa shape index (κ3) is 4.03. The van der Waals surface area contributed by atoms with Gasteiger partial charge < -0.3 is 15.5 Å². The van der Waals surface area contributed by atoms with Crippen molar-refractivity contribution in [1.29, 1.82) is 0 Å². The zero-order chi connectivity index (χ0) is 20.6. The zero-order valence-corrected chi connectivity index (χ0v) is 17.7. The molecule has 4 bridgehead atoms. The molecular formula is C23H33N5O2. The molecule has 2 amide bonds. The molecule has 6 rings (SSSR count). The quantitative estimate of drug-likeness (QED) is 0.751. The van der Waals surface area contributed by atoms with E-state index in [1.807, 2.05) is 17.0 Å². The maximum atomic E-state index is 13.0. The molecule has 1 aromatic heterocycles. The van der Waals surface area contributed by atoms with Gasteiger partial charge in [0.15, 0.2) is 0 Å². The van der Waals surface area contributed by atoms with Crippen molar-refractivity contribution in [2.24, 2.45) is 23.2 Å². The van der Waals surface area contributed by atoms with E-state index in [0.29, 0.717) is 19.0 Å². The van der Waals surface area contributed by atoms with Crippen molar-refractivity contribution in [2.75, 3.05) is 25.0 Å². The molecule has 7 heteroatoms. The molecule has 0 aromatic carbocycles. The lowest BCUT2D eigenvalue weighted by atomic mass is 9.49. The Morgan fingerprint density at radius 3 is 2.33 bits per heavy atom. The van der Waals surface area contributed by atoms with Gasteiger partial charge in [-0.2, -0.15) is 5.10 Å². The summed E-state index contributed by atoms with van der Waals surface area (Å²) in [6.45, 7) is 1.97. The Kier molecular flexibility index (Phi) is 5.37. The van der Waals surface area contributed by atoms with Crippen molar-refractivity contribution < 1.29 is 9.59 Å². The summed E-state index contributed by atoms with van der Waals surface area (Å²) in [5.74, 6) is 3.45. The minimum Gasteiger partial charge on any atom is -0.366 e. The molecule has 0 atom stereocenters. The number of amides is 2. The number of rotatable bonds is 6. The summed E-state index contributed by atoms with van der Waals surface area (Å²) in [6, 6.07) is 4.10. The average molecular weight is 412 g/mol. The second-order valence-electron chi connectivity index (χ2n) is 10.1. The summed E-state index contributed by atoms with van der Waals surface area (Å²) in [5, 5.41) is 14.5. The van der Waals surface area contributed by atoms with Crippen LogP contribution in [-0.2, 0) is 9.59 Å². The number of nitrogens with one attached hydrogen (secondary N) is 2. The van der Waals surface area contributed by atoms with Gasteiger partial charge in [0.2, 0.25) is 11.8 Å². The second-order valence-corrected chi connectivity index (χ2v) is 10.1. The number of hydrogen-bond donors (Lipinski definition) is 2. The van der Waals surface area contributed by atoms with Crippen molar-refractivity contribution in [1.82, 2.24) is 20.4 Å². The summed E-state index contributed by atoms with van der Waals surface area (Å²) in [4.78, 5) is 27.6. The SMILES string of the molecule is O=C(CCNC(=O)C12CC3CC(CC(C3)C1)C2)N1CCC(Nc2cccnn2)CC1. The molecule has 4 aliphatic carbocycles. The smallest absolute Gasteiger partial charge is 0.226 e. The molecule has 30 heavy (non-hydrogen) atoms. The van der Waals surface area contributed by atoms with Crippen molar-refractivity contribution in [3.05, 3.63) is 18.3 Å². The first-order valence-corrected chi connectivity index (χ1v) is 11.7. The highest BCUT2D eigenvalue weighted by Gasteiger charge is 2.54. The first-order valence-electron chi connectivity index (χ1n) is 11.7. The summed E-state index contributed by atoms with van der Waals surface area (Å²) in [7, 11) is 0. The molecule has 0 spiro atoms. The zero-order valence-electron chi connectivity index (χ0n) is 17.7. The van der Waals surface area contributed by atoms with Gasteiger partial charge in [0.1, 0.15) is 5.82 Å². The fourth-order valence-electron chi connectivity index (χ4n) is 6.88. The van der Waals surface area contributed by atoms with E-state index in [-0.39, 0.29) is 17.2 Å². The van der Waals surface area contributed by atoms with E-state index in [9.17, 15) is 9.59 Å². The number of likely N-dealkylation sites (tertiary alicyclic amines) is 1. The van der Waals surface area contributed by atoms with Crippen molar-refractivity contribution in [3.63, 3.8) is 0 Å². The van der Waals surface area contributed by atoms with Gasteiger partial charge >= 0.3 is 0 Å². The molecule has 1 aliphatic heterocycles. The van der Waals surface area contributed by atoms with Gasteiger partial charge in [-0.15, -0.1) is 5.10 Å². The number of aromatic nitrogens is 2. The number of anilines is 1. The fourth-order valence-corrected chi connectivity index (χ4v) is 6.88. The first-order chi connectivity index (χ1) is 14.6. The maximum Gasteiger partial charge on any atom is 0.226 e. The Hall–Kier alpha value is -2.18. The number of hydrogen-bond acceptors (Lipinski definition) is 5. The number of piperidine rings is 1. The Morgan fingerprint density at radius 1 is 1.07 bits per heavy atom. The van der Waals surface area contributed by atoms with Crippen LogP contribution in [0.1, 0.15) is 57.8 Å². The van der Waals surface area contributed by atoms with Crippen LogP contribution in [0.3, 0.4) is 0 Å². The Morgan fingerprint density at radius 2 is 1.73 bits per heavy atom. The summed E-state index contributed by atoms with van der Waals surface area (Å²) >= 11 is 0. The Labute approximate surface area is 178 Å². The molecule has 162 valence electrons. The Balaban J connectivity index is 1.05. The van der Waals surface area contributed by atoms with Gasteiger partial charge in [-0.3, -0.25) is 9.59 Å². The molecular weight excluding hydrogens is 378 g/mol. The van der Waals surface area contributed by atoms with Crippen LogP contribution in [0, 0.1) is 23.2 Å². The van der Waals surface area contributed by atoms with Gasteiger partial charge in [0.25, 0.3) is 0 Å². The minimum atomic E-state index is -0.123. The summed E-state index contributed by atoms with van der Waals surface area (Å²) < 4.78 is 0. The highest BCUT2D eigenvalue weighted by Crippen LogP contribution is 2.60. The first kappa shape index (κ1) is 19.8. The van der Waals surface area contributed by atoms with E-state index in [2.05, 4.69) is 20.8 Å². The normalized spacial score (nSPS) is 32.8. The van der Waals surface area contributed by atoms with Gasteiger partial charge in [0.05, 0.1) is 0 Å². The number of nitrogens with zero attached hydrogens (tertiary/aromatic N) is 3. The van der Waals surface area contributed by atoms with E-state index in [4.69, 9.17) is 0 Å². The molecule has 5 fully saturated rings. The lowest BCUT2D eigenvalue weighted by Crippen LogP contribution is -2.54. The van der Waals surface area contributed by atoms with Crippen LogP contribution in [0.5, 0.6) is 0 Å². The predicted molar refractivity (Wildman–Crippen MR) is 113 cm³/mol. The van der Waals surface area contributed by atoms with E-state index < -0.39 is 0 Å². The van der Waals surface area contributed by atoms with E-state index >= 15 is 0 Å². The minimum absolute atomic E-state index is 0.123. The molecule has 2 heterocycles. The molecule has 7 nitrogen and oxygen atoms in total. The standard InChI is InChI=1S/C23H33N5O2/c29-21(28-8-4-19(5-9-28)26-20-2-1-6-25-27-20)3-7-24-22(30)23-13-16-10-17(14-23)12-18(11-16)15-23/h1-2,6,16-19H,3-5,7-15H2,(H,24,30)(H,26,27). The second kappa shape index (κ2) is 8.16. The van der Waals surface area contributed by atoms with Crippen molar-refractivity contribution in [2.45, 2.75) is 63.8 Å². The van der Waals surface area contributed by atoms with Crippen LogP contribution in [0.4, 0.5) is 5.82 Å². The molecule has 4 saturated carbocycles. The van der Waals surface area contributed by atoms with Crippen molar-refractivity contribution in [3.8, 4) is 0 Å². The van der Waals surface area contributed by atoms with Gasteiger partial charge in [0, 0.05) is 43.7 Å². The highest BCUT2D eigenvalue weighted by molar-refractivity contribution is 5.84.